The number of carboxylic acid groups (broad SMARTS) is 1. The number of anilines is 1. The number of nitrogens with two attached hydrogens (primary N) is 1. The van der Waals surface area contributed by atoms with Gasteiger partial charge in [0.2, 0.25) is 0 Å². The number of sulfone groups is 1. The number of amides is 1. The largest absolute Gasteiger partial charge is 0.465 e. The predicted molar refractivity (Wildman–Crippen MR) is 70.6 cm³/mol. The van der Waals surface area contributed by atoms with E-state index >= 15 is 0 Å². The topological polar surface area (TPSA) is 101 Å². The summed E-state index contributed by atoms with van der Waals surface area (Å²) in [5, 5.41) is 8.54. The van der Waals surface area contributed by atoms with Gasteiger partial charge in [-0.25, -0.2) is 13.2 Å². The Morgan fingerprint density at radius 1 is 1.47 bits per heavy atom. The standard InChI is InChI=1S/C12H16N2O4S/c1-14(12(15)16)7-8-6-9(13)2-5-11(8)19(17,18)10-3-4-10/h2,5-6,10H,3-4,7,13H2,1H3,(H,15,16). The van der Waals surface area contributed by atoms with Gasteiger partial charge in [0.05, 0.1) is 16.7 Å². The highest BCUT2D eigenvalue weighted by Crippen LogP contribution is 2.35. The summed E-state index contributed by atoms with van der Waals surface area (Å²) in [6.07, 6.45) is 0.221. The monoisotopic (exact) mass is 284 g/mol. The molecular weight excluding hydrogens is 268 g/mol. The fourth-order valence-electron chi connectivity index (χ4n) is 1.88. The maximum Gasteiger partial charge on any atom is 0.407 e. The molecule has 6 nitrogen and oxygen atoms in total. The van der Waals surface area contributed by atoms with Crippen LogP contribution in [0, 0.1) is 0 Å². The number of nitrogens with zero attached hydrogens (tertiary/aromatic N) is 1. The molecule has 2 rings (SSSR count). The molecular formula is C12H16N2O4S. The highest BCUT2D eigenvalue weighted by atomic mass is 32.2. The number of benzene rings is 1. The van der Waals surface area contributed by atoms with Crippen LogP contribution in [-0.4, -0.2) is 36.8 Å². The van der Waals surface area contributed by atoms with Gasteiger partial charge in [0.25, 0.3) is 0 Å². The molecule has 0 radical (unpaired) electrons. The summed E-state index contributed by atoms with van der Waals surface area (Å²) in [6.45, 7) is 0.00164. The molecule has 7 heteroatoms. The first-order chi connectivity index (χ1) is 8.82. The molecule has 0 aliphatic heterocycles. The SMILES string of the molecule is CN(Cc1cc(N)ccc1S(=O)(=O)C1CC1)C(=O)O. The normalized spacial score (nSPS) is 15.2. The molecule has 1 amide bonds. The first-order valence-corrected chi connectivity index (χ1v) is 7.43. The molecule has 1 fully saturated rings. The van der Waals surface area contributed by atoms with Gasteiger partial charge >= 0.3 is 6.09 Å². The van der Waals surface area contributed by atoms with Crippen LogP contribution < -0.4 is 5.73 Å². The molecule has 1 aliphatic rings. The smallest absolute Gasteiger partial charge is 0.407 e. The summed E-state index contributed by atoms with van der Waals surface area (Å²) in [5.41, 5.74) is 6.50. The summed E-state index contributed by atoms with van der Waals surface area (Å²) >= 11 is 0. The second kappa shape index (κ2) is 4.73. The highest BCUT2D eigenvalue weighted by molar-refractivity contribution is 7.92. The minimum Gasteiger partial charge on any atom is -0.465 e. The third kappa shape index (κ3) is 2.81. The second-order valence-electron chi connectivity index (χ2n) is 4.75. The van der Waals surface area contributed by atoms with Crippen molar-refractivity contribution in [3.05, 3.63) is 23.8 Å². The quantitative estimate of drug-likeness (QED) is 0.812. The Morgan fingerprint density at radius 2 is 2.11 bits per heavy atom. The Morgan fingerprint density at radius 3 is 2.63 bits per heavy atom. The number of carbonyl (C=O) groups is 1. The highest BCUT2D eigenvalue weighted by Gasteiger charge is 2.38. The first-order valence-electron chi connectivity index (χ1n) is 5.88. The van der Waals surface area contributed by atoms with Crippen LogP contribution in [0.5, 0.6) is 0 Å². The van der Waals surface area contributed by atoms with Crippen molar-refractivity contribution in [2.45, 2.75) is 29.5 Å². The Labute approximate surface area is 111 Å². The van der Waals surface area contributed by atoms with Gasteiger partial charge in [-0.15, -0.1) is 0 Å². The van der Waals surface area contributed by atoms with E-state index in [-0.39, 0.29) is 16.7 Å². The van der Waals surface area contributed by atoms with Gasteiger partial charge in [-0.1, -0.05) is 0 Å². The lowest BCUT2D eigenvalue weighted by molar-refractivity contribution is 0.153. The number of rotatable bonds is 4. The van der Waals surface area contributed by atoms with Gasteiger partial charge in [0.15, 0.2) is 9.84 Å². The van der Waals surface area contributed by atoms with Crippen molar-refractivity contribution in [1.82, 2.24) is 4.90 Å². The van der Waals surface area contributed by atoms with Crippen LogP contribution in [0.4, 0.5) is 10.5 Å². The number of hydrogen-bond acceptors (Lipinski definition) is 4. The molecule has 1 saturated carbocycles. The van der Waals surface area contributed by atoms with Crippen molar-refractivity contribution in [2.75, 3.05) is 12.8 Å². The van der Waals surface area contributed by atoms with E-state index < -0.39 is 15.9 Å². The van der Waals surface area contributed by atoms with E-state index in [4.69, 9.17) is 10.8 Å². The molecule has 0 atom stereocenters. The van der Waals surface area contributed by atoms with Crippen molar-refractivity contribution in [3.63, 3.8) is 0 Å². The third-order valence-corrected chi connectivity index (χ3v) is 5.45. The second-order valence-corrected chi connectivity index (χ2v) is 6.95. The Kier molecular flexibility index (Phi) is 3.40. The van der Waals surface area contributed by atoms with E-state index in [2.05, 4.69) is 0 Å². The molecule has 0 heterocycles. The van der Waals surface area contributed by atoms with E-state index in [1.165, 1.54) is 25.2 Å². The van der Waals surface area contributed by atoms with Gasteiger partial charge < -0.3 is 15.7 Å². The fourth-order valence-corrected chi connectivity index (χ4v) is 3.74. The summed E-state index contributed by atoms with van der Waals surface area (Å²) in [4.78, 5) is 12.1. The molecule has 1 aromatic carbocycles. The molecule has 0 aromatic heterocycles. The van der Waals surface area contributed by atoms with Crippen LogP contribution in [0.3, 0.4) is 0 Å². The molecule has 1 aromatic rings. The van der Waals surface area contributed by atoms with E-state index in [0.717, 1.165) is 4.90 Å². The third-order valence-electron chi connectivity index (χ3n) is 3.09. The Hall–Kier alpha value is -1.76. The van der Waals surface area contributed by atoms with E-state index in [1.54, 1.807) is 0 Å². The average molecular weight is 284 g/mol. The fraction of sp³-hybridized carbons (Fsp3) is 0.417. The zero-order valence-electron chi connectivity index (χ0n) is 10.5. The summed E-state index contributed by atoms with van der Waals surface area (Å²) in [7, 11) is -1.97. The lowest BCUT2D eigenvalue weighted by Crippen LogP contribution is -2.25. The summed E-state index contributed by atoms with van der Waals surface area (Å²) in [5.74, 6) is 0. The molecule has 19 heavy (non-hydrogen) atoms. The van der Waals surface area contributed by atoms with Gasteiger partial charge in [-0.05, 0) is 36.6 Å². The van der Waals surface area contributed by atoms with E-state index in [1.807, 2.05) is 0 Å². The summed E-state index contributed by atoms with van der Waals surface area (Å²) < 4.78 is 24.5. The van der Waals surface area contributed by atoms with Crippen LogP contribution in [0.2, 0.25) is 0 Å². The average Bonchev–Trinajstić information content (AvgIpc) is 3.12. The Bertz CT molecular complexity index is 608. The number of nitrogen functional groups attached to an aromatic ring is 1. The van der Waals surface area contributed by atoms with Crippen LogP contribution >= 0.6 is 0 Å². The van der Waals surface area contributed by atoms with Gasteiger partial charge in [-0.2, -0.15) is 0 Å². The van der Waals surface area contributed by atoms with E-state index in [9.17, 15) is 13.2 Å². The summed E-state index contributed by atoms with van der Waals surface area (Å²) in [6, 6.07) is 4.52. The van der Waals surface area contributed by atoms with Gasteiger partial charge in [0.1, 0.15) is 0 Å². The minimum atomic E-state index is -3.36. The maximum absolute atomic E-state index is 12.3. The van der Waals surface area contributed by atoms with Crippen molar-refractivity contribution in [1.29, 1.82) is 0 Å². The molecule has 104 valence electrons. The molecule has 0 saturated heterocycles. The van der Waals surface area contributed by atoms with Crippen molar-refractivity contribution >= 4 is 21.6 Å². The van der Waals surface area contributed by atoms with Crippen molar-refractivity contribution in [2.24, 2.45) is 0 Å². The Balaban J connectivity index is 2.41. The zero-order chi connectivity index (χ0) is 14.2. The zero-order valence-corrected chi connectivity index (χ0v) is 11.4. The van der Waals surface area contributed by atoms with Crippen LogP contribution in [0.1, 0.15) is 18.4 Å². The van der Waals surface area contributed by atoms with Crippen molar-refractivity contribution < 1.29 is 18.3 Å². The first kappa shape index (κ1) is 13.7. The van der Waals surface area contributed by atoms with E-state index in [0.29, 0.717) is 24.1 Å². The van der Waals surface area contributed by atoms with Gasteiger partial charge in [0, 0.05) is 12.7 Å². The predicted octanol–water partition coefficient (Wildman–Crippen LogP) is 1.31. The lowest BCUT2D eigenvalue weighted by Gasteiger charge is -2.16. The molecule has 0 bridgehead atoms. The maximum atomic E-state index is 12.3. The van der Waals surface area contributed by atoms with Crippen LogP contribution in [0.15, 0.2) is 23.1 Å². The lowest BCUT2D eigenvalue weighted by atomic mass is 10.2. The molecule has 3 N–H and O–H groups in total. The van der Waals surface area contributed by atoms with Gasteiger partial charge in [-0.3, -0.25) is 0 Å². The van der Waals surface area contributed by atoms with Crippen molar-refractivity contribution in [3.8, 4) is 0 Å². The van der Waals surface area contributed by atoms with Crippen LogP contribution in [0.25, 0.3) is 0 Å². The minimum absolute atomic E-state index is 0.00164. The molecule has 0 unspecified atom stereocenters. The van der Waals surface area contributed by atoms with Crippen LogP contribution in [-0.2, 0) is 16.4 Å². The molecule has 0 spiro atoms. The number of hydrogen-bond donors (Lipinski definition) is 2. The molecule has 1 aliphatic carbocycles.